The highest BCUT2D eigenvalue weighted by atomic mass is 79.9. The summed E-state index contributed by atoms with van der Waals surface area (Å²) in [6, 6.07) is 6.23. The van der Waals surface area contributed by atoms with Gasteiger partial charge in [0.2, 0.25) is 5.88 Å². The molecule has 6 nitrogen and oxygen atoms in total. The SMILES string of the molecule is Cc1c(Oc2cc(Br)ncn2)cccc1[N+](=O)[O-]. The van der Waals surface area contributed by atoms with Crippen LogP contribution in [0.4, 0.5) is 5.69 Å². The van der Waals surface area contributed by atoms with Crippen molar-refractivity contribution < 1.29 is 9.66 Å². The van der Waals surface area contributed by atoms with Crippen LogP contribution in [0.5, 0.6) is 11.6 Å². The first-order valence-corrected chi connectivity index (χ1v) is 5.76. The highest BCUT2D eigenvalue weighted by Gasteiger charge is 2.14. The van der Waals surface area contributed by atoms with Crippen LogP contribution in [-0.4, -0.2) is 14.9 Å². The molecule has 92 valence electrons. The zero-order valence-electron chi connectivity index (χ0n) is 9.33. The van der Waals surface area contributed by atoms with E-state index >= 15 is 0 Å². The van der Waals surface area contributed by atoms with Gasteiger partial charge < -0.3 is 4.74 Å². The Labute approximate surface area is 111 Å². The van der Waals surface area contributed by atoms with Crippen molar-refractivity contribution in [3.05, 3.63) is 50.9 Å². The standard InChI is InChI=1S/C11H8BrN3O3/c1-7-8(15(16)17)3-2-4-9(7)18-11-5-10(12)13-6-14-11/h2-6H,1H3. The van der Waals surface area contributed by atoms with Crippen LogP contribution in [0.25, 0.3) is 0 Å². The molecule has 7 heteroatoms. The van der Waals surface area contributed by atoms with Crippen molar-refractivity contribution >= 4 is 21.6 Å². The van der Waals surface area contributed by atoms with Crippen LogP contribution >= 0.6 is 15.9 Å². The van der Waals surface area contributed by atoms with Gasteiger partial charge in [0, 0.05) is 12.1 Å². The fourth-order valence-electron chi connectivity index (χ4n) is 1.40. The van der Waals surface area contributed by atoms with Crippen LogP contribution < -0.4 is 4.74 Å². The molecule has 2 aromatic rings. The molecule has 0 radical (unpaired) electrons. The lowest BCUT2D eigenvalue weighted by molar-refractivity contribution is -0.385. The molecule has 1 heterocycles. The number of aromatic nitrogens is 2. The molecular formula is C11H8BrN3O3. The first-order valence-electron chi connectivity index (χ1n) is 4.97. The highest BCUT2D eigenvalue weighted by molar-refractivity contribution is 9.10. The number of nitro benzene ring substituents is 1. The van der Waals surface area contributed by atoms with E-state index < -0.39 is 4.92 Å². The Balaban J connectivity index is 2.35. The van der Waals surface area contributed by atoms with Gasteiger partial charge in [-0.25, -0.2) is 9.97 Å². The van der Waals surface area contributed by atoms with Gasteiger partial charge in [-0.1, -0.05) is 6.07 Å². The lowest BCUT2D eigenvalue weighted by Gasteiger charge is -2.07. The summed E-state index contributed by atoms with van der Waals surface area (Å²) in [7, 11) is 0. The molecule has 0 amide bonds. The summed E-state index contributed by atoms with van der Waals surface area (Å²) >= 11 is 3.19. The van der Waals surface area contributed by atoms with E-state index in [-0.39, 0.29) is 5.69 Å². The van der Waals surface area contributed by atoms with Crippen molar-refractivity contribution in [3.63, 3.8) is 0 Å². The summed E-state index contributed by atoms with van der Waals surface area (Å²) in [6.07, 6.45) is 1.34. The maximum atomic E-state index is 10.8. The van der Waals surface area contributed by atoms with E-state index in [4.69, 9.17) is 4.74 Å². The Bertz CT molecular complexity index is 604. The number of benzene rings is 1. The van der Waals surface area contributed by atoms with Gasteiger partial charge in [0.25, 0.3) is 5.69 Å². The Morgan fingerprint density at radius 2 is 2.17 bits per heavy atom. The topological polar surface area (TPSA) is 78.2 Å². The third-order valence-corrected chi connectivity index (χ3v) is 2.71. The van der Waals surface area contributed by atoms with Gasteiger partial charge >= 0.3 is 0 Å². The first kappa shape index (κ1) is 12.4. The second-order valence-corrected chi connectivity index (χ2v) is 4.25. The third kappa shape index (κ3) is 2.62. The first-order chi connectivity index (χ1) is 8.58. The maximum absolute atomic E-state index is 10.8. The van der Waals surface area contributed by atoms with Gasteiger partial charge in [-0.2, -0.15) is 0 Å². The smallest absolute Gasteiger partial charge is 0.276 e. The number of hydrogen-bond acceptors (Lipinski definition) is 5. The molecule has 0 aliphatic rings. The van der Waals surface area contributed by atoms with Crippen molar-refractivity contribution in [1.82, 2.24) is 9.97 Å². The summed E-state index contributed by atoms with van der Waals surface area (Å²) in [5, 5.41) is 10.8. The summed E-state index contributed by atoms with van der Waals surface area (Å²) in [6.45, 7) is 1.63. The number of ether oxygens (including phenoxy) is 1. The van der Waals surface area contributed by atoms with Crippen molar-refractivity contribution in [1.29, 1.82) is 0 Å². The Morgan fingerprint density at radius 3 is 2.83 bits per heavy atom. The highest BCUT2D eigenvalue weighted by Crippen LogP contribution is 2.30. The molecule has 1 aromatic heterocycles. The van der Waals surface area contributed by atoms with E-state index in [2.05, 4.69) is 25.9 Å². The van der Waals surface area contributed by atoms with Crippen molar-refractivity contribution in [2.24, 2.45) is 0 Å². The molecule has 0 aliphatic carbocycles. The minimum Gasteiger partial charge on any atom is -0.438 e. The van der Waals surface area contributed by atoms with Crippen LogP contribution in [0, 0.1) is 17.0 Å². The van der Waals surface area contributed by atoms with E-state index in [1.165, 1.54) is 12.4 Å². The van der Waals surface area contributed by atoms with Crippen LogP contribution in [-0.2, 0) is 0 Å². The molecular weight excluding hydrogens is 302 g/mol. The van der Waals surface area contributed by atoms with E-state index in [0.29, 0.717) is 21.8 Å². The van der Waals surface area contributed by atoms with Gasteiger partial charge in [-0.15, -0.1) is 0 Å². The van der Waals surface area contributed by atoms with Gasteiger partial charge in [0.05, 0.1) is 10.5 Å². The minimum absolute atomic E-state index is 0.0145. The molecule has 0 saturated carbocycles. The molecule has 0 N–H and O–H groups in total. The van der Waals surface area contributed by atoms with Crippen LogP contribution in [0.1, 0.15) is 5.56 Å². The van der Waals surface area contributed by atoms with E-state index in [1.54, 1.807) is 25.1 Å². The average Bonchev–Trinajstić information content (AvgIpc) is 2.31. The molecule has 0 atom stereocenters. The number of halogens is 1. The molecule has 0 bridgehead atoms. The summed E-state index contributed by atoms with van der Waals surface area (Å²) < 4.78 is 6.07. The fraction of sp³-hybridized carbons (Fsp3) is 0.0909. The summed E-state index contributed by atoms with van der Waals surface area (Å²) in [5.41, 5.74) is 0.470. The third-order valence-electron chi connectivity index (χ3n) is 2.28. The quantitative estimate of drug-likeness (QED) is 0.494. The lowest BCUT2D eigenvalue weighted by atomic mass is 10.2. The molecule has 0 saturated heterocycles. The van der Waals surface area contributed by atoms with Gasteiger partial charge in [-0.3, -0.25) is 10.1 Å². The summed E-state index contributed by atoms with van der Waals surface area (Å²) in [4.78, 5) is 18.1. The number of nitrogens with zero attached hydrogens (tertiary/aromatic N) is 3. The van der Waals surface area contributed by atoms with Crippen molar-refractivity contribution in [2.45, 2.75) is 6.92 Å². The zero-order chi connectivity index (χ0) is 13.1. The predicted molar refractivity (Wildman–Crippen MR) is 67.6 cm³/mol. The molecule has 0 unspecified atom stereocenters. The molecule has 0 spiro atoms. The molecule has 2 rings (SSSR count). The lowest BCUT2D eigenvalue weighted by Crippen LogP contribution is -1.95. The van der Waals surface area contributed by atoms with Crippen LogP contribution in [0.3, 0.4) is 0 Å². The largest absolute Gasteiger partial charge is 0.438 e. The van der Waals surface area contributed by atoms with Gasteiger partial charge in [0.1, 0.15) is 16.7 Å². The van der Waals surface area contributed by atoms with Gasteiger partial charge in [0.15, 0.2) is 0 Å². The van der Waals surface area contributed by atoms with E-state index in [9.17, 15) is 10.1 Å². The minimum atomic E-state index is -0.446. The molecule has 18 heavy (non-hydrogen) atoms. The second kappa shape index (κ2) is 5.09. The normalized spacial score (nSPS) is 10.1. The Hall–Kier alpha value is -2.02. The summed E-state index contributed by atoms with van der Waals surface area (Å²) in [5.74, 6) is 0.718. The monoisotopic (exact) mass is 309 g/mol. The zero-order valence-corrected chi connectivity index (χ0v) is 10.9. The number of nitro groups is 1. The van der Waals surface area contributed by atoms with Gasteiger partial charge in [-0.05, 0) is 28.9 Å². The average molecular weight is 310 g/mol. The van der Waals surface area contributed by atoms with Crippen molar-refractivity contribution in [2.75, 3.05) is 0 Å². The number of rotatable bonds is 3. The fourth-order valence-corrected chi connectivity index (χ4v) is 1.68. The molecule has 0 fully saturated rings. The molecule has 1 aromatic carbocycles. The second-order valence-electron chi connectivity index (χ2n) is 3.44. The van der Waals surface area contributed by atoms with E-state index in [0.717, 1.165) is 0 Å². The Morgan fingerprint density at radius 1 is 1.39 bits per heavy atom. The van der Waals surface area contributed by atoms with Crippen molar-refractivity contribution in [3.8, 4) is 11.6 Å². The molecule has 0 aliphatic heterocycles. The Kier molecular flexibility index (Phi) is 3.52. The predicted octanol–water partition coefficient (Wildman–Crippen LogP) is 3.25. The number of hydrogen-bond donors (Lipinski definition) is 0. The van der Waals surface area contributed by atoms with Crippen LogP contribution in [0.15, 0.2) is 35.2 Å². The maximum Gasteiger partial charge on any atom is 0.276 e. The van der Waals surface area contributed by atoms with Crippen LogP contribution in [0.2, 0.25) is 0 Å². The van der Waals surface area contributed by atoms with E-state index in [1.807, 2.05) is 0 Å².